The molecular weight excluding hydrogens is 287 g/mol. The molecule has 0 aliphatic heterocycles. The maximum atomic E-state index is 5.87. The molecule has 0 unspecified atom stereocenters. The topological polar surface area (TPSA) is 0 Å². The molecule has 0 bridgehead atoms. The molecule has 0 saturated carbocycles. The second-order valence-electron chi connectivity index (χ2n) is 4.30. The smallest absolute Gasteiger partial charge is 0.0833 e. The van der Waals surface area contributed by atoms with Gasteiger partial charge in [-0.15, -0.1) is 0 Å². The monoisotopic (exact) mass is 298 g/mol. The fourth-order valence-electron chi connectivity index (χ4n) is 1.89. The van der Waals surface area contributed by atoms with Crippen LogP contribution in [0.5, 0.6) is 0 Å². The zero-order valence-electron chi connectivity index (χ0n) is 9.96. The Balaban J connectivity index is 2.38. The van der Waals surface area contributed by atoms with Gasteiger partial charge in [-0.1, -0.05) is 83.3 Å². The van der Waals surface area contributed by atoms with Crippen LogP contribution in [0.1, 0.15) is 11.1 Å². The van der Waals surface area contributed by atoms with Crippen molar-refractivity contribution in [3.8, 4) is 11.1 Å². The van der Waals surface area contributed by atoms with E-state index in [0.717, 1.165) is 16.7 Å². The molecule has 0 heterocycles. The van der Waals surface area contributed by atoms with E-state index in [9.17, 15) is 0 Å². The van der Waals surface area contributed by atoms with Gasteiger partial charge in [-0.3, -0.25) is 0 Å². The van der Waals surface area contributed by atoms with Crippen molar-refractivity contribution in [2.45, 2.75) is 17.1 Å². The van der Waals surface area contributed by atoms with Crippen LogP contribution in [0.2, 0.25) is 0 Å². The summed E-state index contributed by atoms with van der Waals surface area (Å²) >= 11 is 17.6. The van der Waals surface area contributed by atoms with Crippen molar-refractivity contribution < 1.29 is 0 Å². The molecule has 3 heteroatoms. The fraction of sp³-hybridized carbons (Fsp3) is 0.200. The zero-order valence-corrected chi connectivity index (χ0v) is 12.2. The van der Waals surface area contributed by atoms with Gasteiger partial charge in [-0.05, 0) is 29.2 Å². The molecule has 18 heavy (non-hydrogen) atoms. The molecule has 2 rings (SSSR count). The van der Waals surface area contributed by atoms with Gasteiger partial charge in [0.15, 0.2) is 3.79 Å². The predicted octanol–water partition coefficient (Wildman–Crippen LogP) is 5.57. The molecule has 0 nitrogen and oxygen atoms in total. The Morgan fingerprint density at radius 1 is 0.889 bits per heavy atom. The van der Waals surface area contributed by atoms with Crippen LogP contribution in [0.4, 0.5) is 0 Å². The van der Waals surface area contributed by atoms with Crippen LogP contribution < -0.4 is 0 Å². The maximum absolute atomic E-state index is 5.87. The van der Waals surface area contributed by atoms with Crippen molar-refractivity contribution in [2.75, 3.05) is 0 Å². The van der Waals surface area contributed by atoms with Crippen molar-refractivity contribution in [3.63, 3.8) is 0 Å². The van der Waals surface area contributed by atoms with Crippen molar-refractivity contribution in [1.29, 1.82) is 0 Å². The number of rotatable bonds is 2. The molecule has 0 saturated heterocycles. The van der Waals surface area contributed by atoms with E-state index < -0.39 is 3.79 Å². The number of benzene rings is 2. The highest BCUT2D eigenvalue weighted by atomic mass is 35.6. The molecule has 94 valence electrons. The minimum Gasteiger partial charge on any atom is -0.0833 e. The lowest BCUT2D eigenvalue weighted by Gasteiger charge is -2.14. The van der Waals surface area contributed by atoms with Gasteiger partial charge < -0.3 is 0 Å². The Morgan fingerprint density at radius 3 is 2.17 bits per heavy atom. The Kier molecular flexibility index (Phi) is 4.21. The van der Waals surface area contributed by atoms with E-state index in [4.69, 9.17) is 34.8 Å². The molecular formula is C15H13Cl3. The first-order chi connectivity index (χ1) is 8.46. The third kappa shape index (κ3) is 3.65. The zero-order chi connectivity index (χ0) is 13.2. The van der Waals surface area contributed by atoms with Crippen LogP contribution in [0.15, 0.2) is 48.5 Å². The Morgan fingerprint density at radius 2 is 1.56 bits per heavy atom. The van der Waals surface area contributed by atoms with Gasteiger partial charge in [0.05, 0.1) is 0 Å². The van der Waals surface area contributed by atoms with Crippen LogP contribution in [0.3, 0.4) is 0 Å². The first-order valence-corrected chi connectivity index (χ1v) is 6.81. The Bertz CT molecular complexity index is 527. The van der Waals surface area contributed by atoms with E-state index in [1.807, 2.05) is 25.1 Å². The number of aryl methyl sites for hydroxylation is 1. The summed E-state index contributed by atoms with van der Waals surface area (Å²) in [6.07, 6.45) is 0.421. The fourth-order valence-corrected chi connectivity index (χ4v) is 2.32. The number of hydrogen-bond acceptors (Lipinski definition) is 0. The second kappa shape index (κ2) is 5.52. The molecule has 0 radical (unpaired) electrons. The first-order valence-electron chi connectivity index (χ1n) is 5.67. The highest BCUT2D eigenvalue weighted by Gasteiger charge is 2.21. The molecule has 2 aromatic rings. The third-order valence-corrected chi connectivity index (χ3v) is 3.25. The van der Waals surface area contributed by atoms with Gasteiger partial charge in [0.1, 0.15) is 0 Å². The lowest BCUT2D eigenvalue weighted by Crippen LogP contribution is -2.08. The molecule has 0 amide bonds. The Hall–Kier alpha value is -0.690. The van der Waals surface area contributed by atoms with Crippen LogP contribution in [-0.2, 0) is 6.42 Å². The van der Waals surface area contributed by atoms with E-state index in [1.165, 1.54) is 5.56 Å². The summed E-state index contributed by atoms with van der Waals surface area (Å²) < 4.78 is -1.25. The van der Waals surface area contributed by atoms with Crippen molar-refractivity contribution in [3.05, 3.63) is 59.7 Å². The molecule has 0 fully saturated rings. The summed E-state index contributed by atoms with van der Waals surface area (Å²) in [5.41, 5.74) is 4.52. The van der Waals surface area contributed by atoms with Crippen molar-refractivity contribution in [1.82, 2.24) is 0 Å². The number of alkyl halides is 3. The second-order valence-corrected chi connectivity index (χ2v) is 6.82. The van der Waals surface area contributed by atoms with E-state index in [1.54, 1.807) is 0 Å². The van der Waals surface area contributed by atoms with Gasteiger partial charge in [0.2, 0.25) is 0 Å². The van der Waals surface area contributed by atoms with Crippen LogP contribution >= 0.6 is 34.8 Å². The number of hydrogen-bond donors (Lipinski definition) is 0. The summed E-state index contributed by atoms with van der Waals surface area (Å²) in [6, 6.07) is 16.4. The lowest BCUT2D eigenvalue weighted by molar-refractivity contribution is 1.00. The Labute approximate surface area is 122 Å². The molecule has 2 aromatic carbocycles. The summed E-state index contributed by atoms with van der Waals surface area (Å²) in [5, 5.41) is 0. The molecule has 0 atom stereocenters. The van der Waals surface area contributed by atoms with Gasteiger partial charge >= 0.3 is 0 Å². The van der Waals surface area contributed by atoms with E-state index in [2.05, 4.69) is 30.3 Å². The average Bonchev–Trinajstić information content (AvgIpc) is 2.31. The van der Waals surface area contributed by atoms with Gasteiger partial charge in [-0.25, -0.2) is 0 Å². The largest absolute Gasteiger partial charge is 0.194 e. The minimum atomic E-state index is -1.25. The minimum absolute atomic E-state index is 0.421. The first kappa shape index (κ1) is 13.7. The predicted molar refractivity (Wildman–Crippen MR) is 80.6 cm³/mol. The van der Waals surface area contributed by atoms with Gasteiger partial charge in [0, 0.05) is 6.42 Å². The molecule has 0 aliphatic carbocycles. The lowest BCUT2D eigenvalue weighted by atomic mass is 9.98. The van der Waals surface area contributed by atoms with Crippen LogP contribution in [0, 0.1) is 6.92 Å². The third-order valence-electron chi connectivity index (χ3n) is 2.85. The summed E-state index contributed by atoms with van der Waals surface area (Å²) in [6.45, 7) is 2.03. The van der Waals surface area contributed by atoms with Crippen LogP contribution in [-0.4, -0.2) is 3.79 Å². The maximum Gasteiger partial charge on any atom is 0.194 e. The summed E-state index contributed by atoms with van der Waals surface area (Å²) in [7, 11) is 0. The van der Waals surface area contributed by atoms with Gasteiger partial charge in [-0.2, -0.15) is 0 Å². The molecule has 0 spiro atoms. The van der Waals surface area contributed by atoms with Crippen molar-refractivity contribution >= 4 is 34.8 Å². The highest BCUT2D eigenvalue weighted by molar-refractivity contribution is 6.67. The standard InChI is InChI=1S/C15H13Cl3/c1-11-7-8-13(12-5-3-2-4-6-12)9-14(11)10-15(16,17)18/h2-9H,10H2,1H3. The SMILES string of the molecule is Cc1ccc(-c2ccccc2)cc1CC(Cl)(Cl)Cl. The van der Waals surface area contributed by atoms with E-state index in [0.29, 0.717) is 6.42 Å². The summed E-state index contributed by atoms with van der Waals surface area (Å²) in [5.74, 6) is 0. The molecule has 0 aliphatic rings. The van der Waals surface area contributed by atoms with Crippen molar-refractivity contribution in [2.24, 2.45) is 0 Å². The summed E-state index contributed by atoms with van der Waals surface area (Å²) in [4.78, 5) is 0. The molecule has 0 aromatic heterocycles. The average molecular weight is 300 g/mol. The van der Waals surface area contributed by atoms with E-state index >= 15 is 0 Å². The molecule has 0 N–H and O–H groups in total. The number of halogens is 3. The normalized spacial score (nSPS) is 11.6. The van der Waals surface area contributed by atoms with E-state index in [-0.39, 0.29) is 0 Å². The highest BCUT2D eigenvalue weighted by Crippen LogP contribution is 2.33. The quantitative estimate of drug-likeness (QED) is 0.635. The van der Waals surface area contributed by atoms with Gasteiger partial charge in [0.25, 0.3) is 0 Å². The van der Waals surface area contributed by atoms with Crippen LogP contribution in [0.25, 0.3) is 11.1 Å².